The molecule has 1 aromatic carbocycles. The Hall–Kier alpha value is -0.740. The van der Waals surface area contributed by atoms with E-state index in [4.69, 9.17) is 4.74 Å². The Kier molecular flexibility index (Phi) is 3.77. The quantitative estimate of drug-likeness (QED) is 0.879. The highest BCUT2D eigenvalue weighted by Crippen LogP contribution is 2.36. The number of aliphatic hydroxyl groups is 1. The van der Waals surface area contributed by atoms with Crippen molar-refractivity contribution in [2.45, 2.75) is 20.0 Å². The molecule has 0 aliphatic carbocycles. The van der Waals surface area contributed by atoms with Crippen molar-refractivity contribution in [1.29, 1.82) is 0 Å². The molecule has 78 valence electrons. The van der Waals surface area contributed by atoms with Gasteiger partial charge in [-0.25, -0.2) is 0 Å². The number of phenolic OH excluding ortho intramolecular Hbond substituents is 1. The molecular weight excluding hydrogens is 248 g/mol. The van der Waals surface area contributed by atoms with Gasteiger partial charge >= 0.3 is 0 Å². The maximum atomic E-state index is 9.58. The summed E-state index contributed by atoms with van der Waals surface area (Å²) in [5, 5.41) is 19.0. The number of phenols is 1. The van der Waals surface area contributed by atoms with E-state index in [2.05, 4.69) is 15.9 Å². The van der Waals surface area contributed by atoms with Gasteiger partial charge in [-0.2, -0.15) is 0 Å². The van der Waals surface area contributed by atoms with Crippen LogP contribution in [0.3, 0.4) is 0 Å². The second-order valence-corrected chi connectivity index (χ2v) is 3.81. The van der Waals surface area contributed by atoms with Gasteiger partial charge in [0, 0.05) is 0 Å². The number of halogens is 1. The highest BCUT2D eigenvalue weighted by atomic mass is 79.9. The van der Waals surface area contributed by atoms with E-state index < -0.39 is 6.10 Å². The fraction of sp³-hybridized carbons (Fsp3) is 0.400. The molecule has 1 unspecified atom stereocenters. The van der Waals surface area contributed by atoms with Gasteiger partial charge in [-0.15, -0.1) is 0 Å². The third-order valence-electron chi connectivity index (χ3n) is 1.83. The number of hydrogen-bond donors (Lipinski definition) is 2. The summed E-state index contributed by atoms with van der Waals surface area (Å²) in [7, 11) is 0. The third kappa shape index (κ3) is 2.39. The number of aromatic hydroxyl groups is 1. The second-order valence-electron chi connectivity index (χ2n) is 2.96. The minimum Gasteiger partial charge on any atom is -0.503 e. The smallest absolute Gasteiger partial charge is 0.172 e. The summed E-state index contributed by atoms with van der Waals surface area (Å²) < 4.78 is 5.74. The molecule has 0 aromatic heterocycles. The van der Waals surface area contributed by atoms with E-state index >= 15 is 0 Å². The van der Waals surface area contributed by atoms with E-state index in [-0.39, 0.29) is 5.75 Å². The summed E-state index contributed by atoms with van der Waals surface area (Å²) >= 11 is 3.19. The number of benzene rings is 1. The van der Waals surface area contributed by atoms with Crippen LogP contribution in [0.15, 0.2) is 16.6 Å². The van der Waals surface area contributed by atoms with Crippen molar-refractivity contribution in [2.75, 3.05) is 6.61 Å². The van der Waals surface area contributed by atoms with Crippen LogP contribution in [-0.2, 0) is 0 Å². The van der Waals surface area contributed by atoms with Crippen molar-refractivity contribution < 1.29 is 14.9 Å². The third-order valence-corrected chi connectivity index (χ3v) is 2.44. The molecule has 0 saturated heterocycles. The van der Waals surface area contributed by atoms with E-state index in [1.165, 1.54) is 0 Å². The first-order valence-electron chi connectivity index (χ1n) is 4.39. The molecule has 0 heterocycles. The predicted molar refractivity (Wildman–Crippen MR) is 57.6 cm³/mol. The standard InChI is InChI=1S/C10H13BrO3/c1-3-14-9-5-7(6(2)12)4-8(11)10(9)13/h4-6,12-13H,3H2,1-2H3. The molecule has 0 radical (unpaired) electrons. The normalized spacial score (nSPS) is 12.6. The van der Waals surface area contributed by atoms with Crippen LogP contribution in [0.4, 0.5) is 0 Å². The summed E-state index contributed by atoms with van der Waals surface area (Å²) in [6, 6.07) is 3.30. The lowest BCUT2D eigenvalue weighted by molar-refractivity contribution is 0.198. The van der Waals surface area contributed by atoms with Crippen LogP contribution < -0.4 is 4.74 Å². The molecule has 14 heavy (non-hydrogen) atoms. The molecule has 3 nitrogen and oxygen atoms in total. The summed E-state index contributed by atoms with van der Waals surface area (Å²) in [6.45, 7) is 3.97. The first-order valence-corrected chi connectivity index (χ1v) is 5.18. The largest absolute Gasteiger partial charge is 0.503 e. The van der Waals surface area contributed by atoms with Crippen LogP contribution in [0.5, 0.6) is 11.5 Å². The lowest BCUT2D eigenvalue weighted by Crippen LogP contribution is -1.96. The fourth-order valence-electron chi connectivity index (χ4n) is 1.10. The van der Waals surface area contributed by atoms with Crippen LogP contribution >= 0.6 is 15.9 Å². The molecule has 2 N–H and O–H groups in total. The Morgan fingerprint density at radius 1 is 1.50 bits per heavy atom. The average Bonchev–Trinajstić information content (AvgIpc) is 2.12. The van der Waals surface area contributed by atoms with Gasteiger partial charge in [-0.05, 0) is 47.5 Å². The monoisotopic (exact) mass is 260 g/mol. The molecule has 0 fully saturated rings. The first kappa shape index (κ1) is 11.3. The minimum absolute atomic E-state index is 0.0660. The molecule has 0 spiro atoms. The summed E-state index contributed by atoms with van der Waals surface area (Å²) in [4.78, 5) is 0. The molecule has 0 saturated carbocycles. The zero-order valence-corrected chi connectivity index (χ0v) is 9.71. The molecule has 0 aliphatic heterocycles. The Morgan fingerprint density at radius 2 is 2.14 bits per heavy atom. The number of ether oxygens (including phenoxy) is 1. The lowest BCUT2D eigenvalue weighted by Gasteiger charge is -2.11. The molecule has 0 amide bonds. The Morgan fingerprint density at radius 3 is 2.64 bits per heavy atom. The van der Waals surface area contributed by atoms with Gasteiger partial charge in [-0.1, -0.05) is 0 Å². The fourth-order valence-corrected chi connectivity index (χ4v) is 1.56. The molecule has 4 heteroatoms. The Labute approximate surface area is 91.5 Å². The summed E-state index contributed by atoms with van der Waals surface area (Å²) in [5.74, 6) is 0.453. The summed E-state index contributed by atoms with van der Waals surface area (Å²) in [6.07, 6.45) is -0.578. The molecule has 1 aromatic rings. The van der Waals surface area contributed by atoms with Crippen LogP contribution in [0.1, 0.15) is 25.5 Å². The van der Waals surface area contributed by atoms with E-state index in [9.17, 15) is 10.2 Å². The minimum atomic E-state index is -0.578. The Balaban J connectivity index is 3.14. The van der Waals surface area contributed by atoms with Gasteiger partial charge in [0.15, 0.2) is 11.5 Å². The number of hydrogen-bond acceptors (Lipinski definition) is 3. The van der Waals surface area contributed by atoms with Crippen LogP contribution in [-0.4, -0.2) is 16.8 Å². The maximum Gasteiger partial charge on any atom is 0.172 e. The van der Waals surface area contributed by atoms with Crippen molar-refractivity contribution in [3.05, 3.63) is 22.2 Å². The average molecular weight is 261 g/mol. The van der Waals surface area contributed by atoms with Crippen molar-refractivity contribution in [2.24, 2.45) is 0 Å². The highest BCUT2D eigenvalue weighted by Gasteiger charge is 2.11. The predicted octanol–water partition coefficient (Wildman–Crippen LogP) is 2.61. The SMILES string of the molecule is CCOc1cc(C(C)O)cc(Br)c1O. The molecule has 1 atom stereocenters. The van der Waals surface area contributed by atoms with Gasteiger partial charge in [0.2, 0.25) is 0 Å². The Bertz CT molecular complexity index is 323. The molecule has 0 bridgehead atoms. The van der Waals surface area contributed by atoms with Crippen molar-refractivity contribution >= 4 is 15.9 Å². The number of aliphatic hydroxyl groups excluding tert-OH is 1. The molecule has 0 aliphatic rings. The molecular formula is C10H13BrO3. The van der Waals surface area contributed by atoms with Crippen LogP contribution in [0, 0.1) is 0 Å². The zero-order valence-electron chi connectivity index (χ0n) is 8.12. The second kappa shape index (κ2) is 4.66. The van der Waals surface area contributed by atoms with Gasteiger partial charge in [0.05, 0.1) is 17.2 Å². The lowest BCUT2D eigenvalue weighted by atomic mass is 10.1. The van der Waals surface area contributed by atoms with Crippen molar-refractivity contribution in [3.8, 4) is 11.5 Å². The van der Waals surface area contributed by atoms with Crippen LogP contribution in [0.25, 0.3) is 0 Å². The van der Waals surface area contributed by atoms with Gasteiger partial charge < -0.3 is 14.9 Å². The van der Waals surface area contributed by atoms with Crippen LogP contribution in [0.2, 0.25) is 0 Å². The summed E-state index contributed by atoms with van der Waals surface area (Å²) in [5.41, 5.74) is 0.707. The first-order chi connectivity index (χ1) is 6.56. The van der Waals surface area contributed by atoms with E-state index in [1.807, 2.05) is 6.92 Å². The highest BCUT2D eigenvalue weighted by molar-refractivity contribution is 9.10. The van der Waals surface area contributed by atoms with Crippen molar-refractivity contribution in [1.82, 2.24) is 0 Å². The topological polar surface area (TPSA) is 49.7 Å². The van der Waals surface area contributed by atoms with Gasteiger partial charge in [-0.3, -0.25) is 0 Å². The van der Waals surface area contributed by atoms with Crippen molar-refractivity contribution in [3.63, 3.8) is 0 Å². The maximum absolute atomic E-state index is 9.58. The number of rotatable bonds is 3. The van der Waals surface area contributed by atoms with E-state index in [0.29, 0.717) is 22.4 Å². The van der Waals surface area contributed by atoms with E-state index in [0.717, 1.165) is 0 Å². The van der Waals surface area contributed by atoms with Gasteiger partial charge in [0.1, 0.15) is 0 Å². The zero-order chi connectivity index (χ0) is 10.7. The molecule has 1 rings (SSSR count). The van der Waals surface area contributed by atoms with Gasteiger partial charge in [0.25, 0.3) is 0 Å². The van der Waals surface area contributed by atoms with E-state index in [1.54, 1.807) is 19.1 Å².